The summed E-state index contributed by atoms with van der Waals surface area (Å²) in [4.78, 5) is 0. The largest absolute Gasteiger partial charge is 0.399 e. The van der Waals surface area contributed by atoms with Crippen molar-refractivity contribution < 1.29 is 4.39 Å². The third kappa shape index (κ3) is 0.999. The van der Waals surface area contributed by atoms with Gasteiger partial charge in [0.2, 0.25) is 5.95 Å². The average Bonchev–Trinajstić information content (AvgIpc) is 2.93. The molecule has 2 N–H and O–H groups in total. The summed E-state index contributed by atoms with van der Waals surface area (Å²) < 4.78 is 15.1. The van der Waals surface area contributed by atoms with Crippen LogP contribution in [0.1, 0.15) is 18.9 Å². The van der Waals surface area contributed by atoms with E-state index in [9.17, 15) is 4.39 Å². The Kier molecular flexibility index (Phi) is 1.37. The summed E-state index contributed by atoms with van der Waals surface area (Å²) in [6.07, 6.45) is 2.18. The average molecular weight is 191 g/mol. The Morgan fingerprint density at radius 3 is 2.93 bits per heavy atom. The molecule has 0 aliphatic heterocycles. The molecule has 1 aliphatic rings. The molecule has 1 heterocycles. The first-order chi connectivity index (χ1) is 6.75. The summed E-state index contributed by atoms with van der Waals surface area (Å²) in [6.45, 7) is 0. The van der Waals surface area contributed by atoms with E-state index in [0.717, 1.165) is 18.4 Å². The molecular weight excluding hydrogens is 181 g/mol. The van der Waals surface area contributed by atoms with Crippen molar-refractivity contribution in [1.29, 1.82) is 0 Å². The summed E-state index contributed by atoms with van der Waals surface area (Å²) in [5.41, 5.74) is 7.12. The first-order valence-electron chi connectivity index (χ1n) is 4.69. The minimum absolute atomic E-state index is 0.379. The van der Waals surface area contributed by atoms with Crippen LogP contribution in [0.3, 0.4) is 0 Å². The van der Waals surface area contributed by atoms with Gasteiger partial charge in [-0.05, 0) is 31.0 Å². The molecule has 1 aromatic heterocycles. The summed E-state index contributed by atoms with van der Waals surface area (Å²) in [5.74, 6) is -0.396. The van der Waals surface area contributed by atoms with Crippen LogP contribution in [0.2, 0.25) is 0 Å². The fourth-order valence-electron chi connectivity index (χ4n) is 1.71. The Balaban J connectivity index is 2.33. The molecule has 0 spiro atoms. The highest BCUT2D eigenvalue weighted by molar-refractivity contribution is 5.82. The molecule has 0 bridgehead atoms. The van der Waals surface area contributed by atoms with Crippen LogP contribution in [0.15, 0.2) is 18.2 Å². The number of nitrogens with two attached hydrogens (primary N) is 1. The second-order valence-electron chi connectivity index (χ2n) is 3.74. The molecule has 4 heteroatoms. The zero-order valence-electron chi connectivity index (χ0n) is 7.57. The molecule has 1 aromatic carbocycles. The highest BCUT2D eigenvalue weighted by Gasteiger charge is 2.27. The van der Waals surface area contributed by atoms with Crippen LogP contribution in [-0.2, 0) is 0 Å². The Hall–Kier alpha value is -1.58. The van der Waals surface area contributed by atoms with Crippen molar-refractivity contribution in [3.05, 3.63) is 24.1 Å². The third-order valence-electron chi connectivity index (χ3n) is 2.58. The number of hydrogen-bond donors (Lipinski definition) is 1. The van der Waals surface area contributed by atoms with E-state index >= 15 is 0 Å². The van der Waals surface area contributed by atoms with E-state index in [1.165, 1.54) is 0 Å². The number of fused-ring (bicyclic) bond motifs is 1. The standard InChI is InChI=1S/C10H10FN3/c11-10-8-4-1-6(12)5-9(8)14(13-10)7-2-3-7/h1,4-5,7H,2-3,12H2. The second kappa shape index (κ2) is 2.47. The lowest BCUT2D eigenvalue weighted by Crippen LogP contribution is -1.96. The number of nitrogens with zero attached hydrogens (tertiary/aromatic N) is 2. The molecule has 14 heavy (non-hydrogen) atoms. The van der Waals surface area contributed by atoms with Crippen LogP contribution in [0, 0.1) is 5.95 Å². The molecule has 3 nitrogen and oxygen atoms in total. The Labute approximate surface area is 80.3 Å². The van der Waals surface area contributed by atoms with Gasteiger partial charge in [0, 0.05) is 5.69 Å². The van der Waals surface area contributed by atoms with Crippen LogP contribution >= 0.6 is 0 Å². The summed E-state index contributed by atoms with van der Waals surface area (Å²) >= 11 is 0. The van der Waals surface area contributed by atoms with E-state index in [1.54, 1.807) is 22.9 Å². The van der Waals surface area contributed by atoms with Crippen molar-refractivity contribution in [3.63, 3.8) is 0 Å². The van der Waals surface area contributed by atoms with Crippen LogP contribution in [-0.4, -0.2) is 9.78 Å². The summed E-state index contributed by atoms with van der Waals surface area (Å²) in [5, 5.41) is 4.45. The molecule has 0 unspecified atom stereocenters. The zero-order chi connectivity index (χ0) is 9.71. The van der Waals surface area contributed by atoms with E-state index in [-0.39, 0.29) is 0 Å². The van der Waals surface area contributed by atoms with Crippen molar-refractivity contribution >= 4 is 16.6 Å². The van der Waals surface area contributed by atoms with E-state index in [1.807, 2.05) is 0 Å². The lowest BCUT2D eigenvalue weighted by molar-refractivity contribution is 0.537. The molecule has 72 valence electrons. The van der Waals surface area contributed by atoms with Gasteiger partial charge in [-0.3, -0.25) is 4.68 Å². The molecule has 2 aromatic rings. The van der Waals surface area contributed by atoms with Crippen LogP contribution in [0.25, 0.3) is 10.9 Å². The van der Waals surface area contributed by atoms with Gasteiger partial charge in [-0.15, -0.1) is 5.10 Å². The summed E-state index contributed by atoms with van der Waals surface area (Å²) in [7, 11) is 0. The molecule has 1 fully saturated rings. The number of halogens is 1. The number of anilines is 1. The molecule has 0 atom stereocenters. The molecule has 0 saturated heterocycles. The van der Waals surface area contributed by atoms with Crippen molar-refractivity contribution in [2.24, 2.45) is 0 Å². The molecule has 1 aliphatic carbocycles. The third-order valence-corrected chi connectivity index (χ3v) is 2.58. The lowest BCUT2D eigenvalue weighted by atomic mass is 10.2. The van der Waals surface area contributed by atoms with Gasteiger partial charge < -0.3 is 5.73 Å². The SMILES string of the molecule is Nc1ccc2c(F)nn(C3CC3)c2c1. The number of nitrogen functional groups attached to an aromatic ring is 1. The first-order valence-corrected chi connectivity index (χ1v) is 4.69. The molecule has 3 rings (SSSR count). The van der Waals surface area contributed by atoms with Crippen molar-refractivity contribution in [2.45, 2.75) is 18.9 Å². The van der Waals surface area contributed by atoms with E-state index < -0.39 is 5.95 Å². The van der Waals surface area contributed by atoms with Gasteiger partial charge in [0.05, 0.1) is 16.9 Å². The maximum Gasteiger partial charge on any atom is 0.240 e. The second-order valence-corrected chi connectivity index (χ2v) is 3.74. The van der Waals surface area contributed by atoms with E-state index in [4.69, 9.17) is 5.73 Å². The minimum atomic E-state index is -0.396. The molecule has 1 saturated carbocycles. The maximum atomic E-state index is 13.4. The van der Waals surface area contributed by atoms with Crippen molar-refractivity contribution in [1.82, 2.24) is 9.78 Å². The van der Waals surface area contributed by atoms with E-state index in [2.05, 4.69) is 5.10 Å². The van der Waals surface area contributed by atoms with Crippen LogP contribution in [0.4, 0.5) is 10.1 Å². The van der Waals surface area contributed by atoms with Crippen LogP contribution < -0.4 is 5.73 Å². The quantitative estimate of drug-likeness (QED) is 0.701. The first kappa shape index (κ1) is 7.79. The van der Waals surface area contributed by atoms with Gasteiger partial charge in [0.15, 0.2) is 0 Å². The van der Waals surface area contributed by atoms with Crippen molar-refractivity contribution in [3.8, 4) is 0 Å². The zero-order valence-corrected chi connectivity index (χ0v) is 7.57. The normalized spacial score (nSPS) is 16.4. The summed E-state index contributed by atoms with van der Waals surface area (Å²) in [6, 6.07) is 5.55. The highest BCUT2D eigenvalue weighted by Crippen LogP contribution is 2.37. The topological polar surface area (TPSA) is 43.8 Å². The molecular formula is C10H10FN3. The van der Waals surface area contributed by atoms with Gasteiger partial charge in [0.1, 0.15) is 0 Å². The minimum Gasteiger partial charge on any atom is -0.399 e. The number of hydrogen-bond acceptors (Lipinski definition) is 2. The predicted molar refractivity (Wildman–Crippen MR) is 52.4 cm³/mol. The monoisotopic (exact) mass is 191 g/mol. The maximum absolute atomic E-state index is 13.4. The predicted octanol–water partition coefficient (Wildman–Crippen LogP) is 2.09. The Morgan fingerprint density at radius 1 is 1.43 bits per heavy atom. The Bertz CT molecular complexity index is 499. The van der Waals surface area contributed by atoms with Gasteiger partial charge in [-0.25, -0.2) is 0 Å². The van der Waals surface area contributed by atoms with Crippen LogP contribution in [0.5, 0.6) is 0 Å². The number of rotatable bonds is 1. The van der Waals surface area contributed by atoms with Gasteiger partial charge >= 0.3 is 0 Å². The van der Waals surface area contributed by atoms with Crippen molar-refractivity contribution in [2.75, 3.05) is 5.73 Å². The fraction of sp³-hybridized carbons (Fsp3) is 0.300. The lowest BCUT2D eigenvalue weighted by Gasteiger charge is -1.99. The van der Waals surface area contributed by atoms with Gasteiger partial charge in [-0.2, -0.15) is 4.39 Å². The molecule has 0 radical (unpaired) electrons. The Morgan fingerprint density at radius 2 is 2.21 bits per heavy atom. The van der Waals surface area contributed by atoms with Gasteiger partial charge in [0.25, 0.3) is 0 Å². The van der Waals surface area contributed by atoms with Gasteiger partial charge in [-0.1, -0.05) is 0 Å². The number of aromatic nitrogens is 2. The highest BCUT2D eigenvalue weighted by atomic mass is 19.1. The fourth-order valence-corrected chi connectivity index (χ4v) is 1.71. The molecule has 0 amide bonds. The smallest absolute Gasteiger partial charge is 0.240 e. The number of benzene rings is 1. The van der Waals surface area contributed by atoms with E-state index in [0.29, 0.717) is 17.1 Å².